The van der Waals surface area contributed by atoms with Crippen molar-refractivity contribution in [3.8, 4) is 5.69 Å². The molecule has 0 saturated carbocycles. The van der Waals surface area contributed by atoms with Crippen LogP contribution in [-0.4, -0.2) is 20.9 Å². The number of carboxylic acid groups (broad SMARTS) is 1. The molecule has 1 heterocycles. The first-order chi connectivity index (χ1) is 7.68. The fourth-order valence-corrected chi connectivity index (χ4v) is 1.91. The Hall–Kier alpha value is -1.62. The summed E-state index contributed by atoms with van der Waals surface area (Å²) in [5.74, 6) is -0.867. The van der Waals surface area contributed by atoms with Gasteiger partial charge in [-0.25, -0.2) is 4.68 Å². The Kier molecular flexibility index (Phi) is 3.05. The van der Waals surface area contributed by atoms with Gasteiger partial charge in [0.05, 0.1) is 17.8 Å². The summed E-state index contributed by atoms with van der Waals surface area (Å²) in [5, 5.41) is 12.9. The predicted molar refractivity (Wildman–Crippen MR) is 62.6 cm³/mol. The summed E-state index contributed by atoms with van der Waals surface area (Å²) >= 11 is 3.41. The van der Waals surface area contributed by atoms with Crippen LogP contribution in [0.5, 0.6) is 0 Å². The monoisotopic (exact) mass is 280 g/mol. The fourth-order valence-electron chi connectivity index (χ4n) is 1.46. The van der Waals surface area contributed by atoms with Crippen LogP contribution in [0.1, 0.15) is 5.69 Å². The zero-order chi connectivity index (χ0) is 11.5. The van der Waals surface area contributed by atoms with Crippen LogP contribution >= 0.6 is 15.9 Å². The summed E-state index contributed by atoms with van der Waals surface area (Å²) in [5.41, 5.74) is 1.49. The second kappa shape index (κ2) is 4.49. The van der Waals surface area contributed by atoms with Crippen molar-refractivity contribution in [3.63, 3.8) is 0 Å². The van der Waals surface area contributed by atoms with Crippen LogP contribution in [0.3, 0.4) is 0 Å². The SMILES string of the molecule is O=C(O)Cc1ccnn1-c1ccccc1Br. The van der Waals surface area contributed by atoms with Gasteiger partial charge in [0.2, 0.25) is 0 Å². The highest BCUT2D eigenvalue weighted by Gasteiger charge is 2.10. The third-order valence-electron chi connectivity index (χ3n) is 2.13. The van der Waals surface area contributed by atoms with E-state index in [0.717, 1.165) is 10.2 Å². The van der Waals surface area contributed by atoms with Crippen LogP contribution in [-0.2, 0) is 11.2 Å². The Morgan fingerprint density at radius 1 is 1.38 bits per heavy atom. The predicted octanol–water partition coefficient (Wildman–Crippen LogP) is 2.26. The number of rotatable bonds is 3. The van der Waals surface area contributed by atoms with Crippen molar-refractivity contribution in [1.82, 2.24) is 9.78 Å². The molecule has 0 aliphatic carbocycles. The normalized spacial score (nSPS) is 10.3. The lowest BCUT2D eigenvalue weighted by Gasteiger charge is -2.07. The number of benzene rings is 1. The molecule has 4 nitrogen and oxygen atoms in total. The van der Waals surface area contributed by atoms with Crippen molar-refractivity contribution in [2.45, 2.75) is 6.42 Å². The molecule has 2 aromatic rings. The zero-order valence-corrected chi connectivity index (χ0v) is 9.89. The summed E-state index contributed by atoms with van der Waals surface area (Å²) in [7, 11) is 0. The van der Waals surface area contributed by atoms with Crippen molar-refractivity contribution in [2.24, 2.45) is 0 Å². The maximum Gasteiger partial charge on any atom is 0.309 e. The first-order valence-electron chi connectivity index (χ1n) is 4.68. The number of hydrogen-bond acceptors (Lipinski definition) is 2. The molecule has 16 heavy (non-hydrogen) atoms. The van der Waals surface area contributed by atoms with Gasteiger partial charge in [0, 0.05) is 10.7 Å². The molecular weight excluding hydrogens is 272 g/mol. The minimum absolute atomic E-state index is 0.0403. The Bertz CT molecular complexity index is 522. The molecule has 1 N–H and O–H groups in total. The summed E-state index contributed by atoms with van der Waals surface area (Å²) in [6, 6.07) is 9.25. The average Bonchev–Trinajstić information content (AvgIpc) is 2.66. The van der Waals surface area contributed by atoms with E-state index < -0.39 is 5.97 Å². The molecule has 0 fully saturated rings. The number of aromatic nitrogens is 2. The lowest BCUT2D eigenvalue weighted by molar-refractivity contribution is -0.136. The smallest absolute Gasteiger partial charge is 0.309 e. The highest BCUT2D eigenvalue weighted by Crippen LogP contribution is 2.21. The highest BCUT2D eigenvalue weighted by molar-refractivity contribution is 9.10. The van der Waals surface area contributed by atoms with E-state index in [1.165, 1.54) is 0 Å². The molecule has 0 amide bonds. The van der Waals surface area contributed by atoms with Crippen molar-refractivity contribution in [3.05, 3.63) is 46.7 Å². The van der Waals surface area contributed by atoms with Crippen LogP contribution in [0.2, 0.25) is 0 Å². The van der Waals surface area contributed by atoms with Gasteiger partial charge in [0.25, 0.3) is 0 Å². The minimum Gasteiger partial charge on any atom is -0.481 e. The first kappa shape index (κ1) is 10.9. The van der Waals surface area contributed by atoms with E-state index >= 15 is 0 Å². The molecule has 2 rings (SSSR count). The number of halogens is 1. The molecule has 0 unspecified atom stereocenters. The number of nitrogens with zero attached hydrogens (tertiary/aromatic N) is 2. The molecular formula is C11H9BrN2O2. The van der Waals surface area contributed by atoms with Crippen molar-refractivity contribution >= 4 is 21.9 Å². The molecule has 0 saturated heterocycles. The largest absolute Gasteiger partial charge is 0.481 e. The fraction of sp³-hybridized carbons (Fsp3) is 0.0909. The number of aliphatic carboxylic acids is 1. The molecule has 0 radical (unpaired) electrons. The zero-order valence-electron chi connectivity index (χ0n) is 8.30. The van der Waals surface area contributed by atoms with Gasteiger partial charge < -0.3 is 5.11 Å². The lowest BCUT2D eigenvalue weighted by atomic mass is 10.3. The van der Waals surface area contributed by atoms with E-state index in [-0.39, 0.29) is 6.42 Å². The van der Waals surface area contributed by atoms with Gasteiger partial charge in [0.15, 0.2) is 0 Å². The molecule has 0 atom stereocenters. The third kappa shape index (κ3) is 2.14. The second-order valence-corrected chi connectivity index (χ2v) is 4.11. The summed E-state index contributed by atoms with van der Waals surface area (Å²) in [6.07, 6.45) is 1.55. The summed E-state index contributed by atoms with van der Waals surface area (Å²) < 4.78 is 2.50. The number of carboxylic acids is 1. The van der Waals surface area contributed by atoms with E-state index in [1.807, 2.05) is 24.3 Å². The molecule has 82 valence electrons. The number of para-hydroxylation sites is 1. The van der Waals surface area contributed by atoms with Crippen molar-refractivity contribution in [2.75, 3.05) is 0 Å². The van der Waals surface area contributed by atoms with Gasteiger partial charge in [-0.3, -0.25) is 4.79 Å². The lowest BCUT2D eigenvalue weighted by Crippen LogP contribution is -2.08. The average molecular weight is 281 g/mol. The first-order valence-corrected chi connectivity index (χ1v) is 5.47. The Morgan fingerprint density at radius 3 is 2.81 bits per heavy atom. The maximum atomic E-state index is 10.7. The summed E-state index contributed by atoms with van der Waals surface area (Å²) in [6.45, 7) is 0. The summed E-state index contributed by atoms with van der Waals surface area (Å²) in [4.78, 5) is 10.7. The third-order valence-corrected chi connectivity index (χ3v) is 2.80. The molecule has 1 aromatic carbocycles. The van der Waals surface area contributed by atoms with Gasteiger partial charge in [-0.05, 0) is 34.1 Å². The van der Waals surface area contributed by atoms with Crippen LogP contribution in [0, 0.1) is 0 Å². The Labute approximate surface area is 101 Å². The van der Waals surface area contributed by atoms with Gasteiger partial charge in [-0.1, -0.05) is 12.1 Å². The van der Waals surface area contributed by atoms with E-state index in [0.29, 0.717) is 5.69 Å². The Morgan fingerprint density at radius 2 is 2.12 bits per heavy atom. The maximum absolute atomic E-state index is 10.7. The van der Waals surface area contributed by atoms with Crippen LogP contribution in [0.15, 0.2) is 41.0 Å². The molecule has 0 spiro atoms. The molecule has 1 aromatic heterocycles. The van der Waals surface area contributed by atoms with Gasteiger partial charge in [-0.2, -0.15) is 5.10 Å². The van der Waals surface area contributed by atoms with Crippen LogP contribution in [0.4, 0.5) is 0 Å². The van der Waals surface area contributed by atoms with Crippen LogP contribution in [0.25, 0.3) is 5.69 Å². The van der Waals surface area contributed by atoms with Gasteiger partial charge >= 0.3 is 5.97 Å². The highest BCUT2D eigenvalue weighted by atomic mass is 79.9. The van der Waals surface area contributed by atoms with Crippen LogP contribution < -0.4 is 0 Å². The van der Waals surface area contributed by atoms with Crippen molar-refractivity contribution in [1.29, 1.82) is 0 Å². The van der Waals surface area contributed by atoms with Gasteiger partial charge in [-0.15, -0.1) is 0 Å². The minimum atomic E-state index is -0.867. The Balaban J connectivity index is 2.45. The van der Waals surface area contributed by atoms with E-state index in [2.05, 4.69) is 21.0 Å². The molecule has 5 heteroatoms. The topological polar surface area (TPSA) is 55.1 Å². The molecule has 0 aliphatic rings. The molecule has 0 bridgehead atoms. The van der Waals surface area contributed by atoms with Crippen molar-refractivity contribution < 1.29 is 9.90 Å². The number of hydrogen-bond donors (Lipinski definition) is 1. The molecule has 0 aliphatic heterocycles. The van der Waals surface area contributed by atoms with E-state index in [4.69, 9.17) is 5.11 Å². The quantitative estimate of drug-likeness (QED) is 0.938. The number of carbonyl (C=O) groups is 1. The second-order valence-electron chi connectivity index (χ2n) is 3.26. The van der Waals surface area contributed by atoms with Gasteiger partial charge in [0.1, 0.15) is 0 Å². The van der Waals surface area contributed by atoms with E-state index in [1.54, 1.807) is 16.9 Å². The van der Waals surface area contributed by atoms with E-state index in [9.17, 15) is 4.79 Å². The standard InChI is InChI=1S/C11H9BrN2O2/c12-9-3-1-2-4-10(9)14-8(5-6-13-14)7-11(15)16/h1-6H,7H2,(H,15,16).